The van der Waals surface area contributed by atoms with Crippen molar-refractivity contribution in [3.63, 3.8) is 0 Å². The van der Waals surface area contributed by atoms with Crippen LogP contribution in [0.2, 0.25) is 0 Å². The van der Waals surface area contributed by atoms with Crippen molar-refractivity contribution < 1.29 is 0 Å². The smallest absolute Gasteiger partial charge is 0.0162 e. The molecular weight excluding hydrogens is 324 g/mol. The molecular formula is C27H44. The lowest BCUT2D eigenvalue weighted by Gasteiger charge is -2.29. The van der Waals surface area contributed by atoms with E-state index in [1.165, 1.54) is 56.8 Å². The van der Waals surface area contributed by atoms with Crippen LogP contribution in [0.4, 0.5) is 0 Å². The predicted molar refractivity (Wildman–Crippen MR) is 118 cm³/mol. The van der Waals surface area contributed by atoms with Crippen molar-refractivity contribution in [2.75, 3.05) is 0 Å². The molecule has 0 aromatic rings. The van der Waals surface area contributed by atoms with E-state index in [0.29, 0.717) is 0 Å². The molecule has 2 bridgehead atoms. The third kappa shape index (κ3) is 3.60. The average molecular weight is 369 g/mol. The summed E-state index contributed by atoms with van der Waals surface area (Å²) >= 11 is 0. The molecule has 152 valence electrons. The fraction of sp³-hybridized carbons (Fsp3) is 0.852. The van der Waals surface area contributed by atoms with E-state index in [-0.39, 0.29) is 0 Å². The molecule has 0 nitrogen and oxygen atoms in total. The van der Waals surface area contributed by atoms with E-state index in [0.717, 1.165) is 35.5 Å². The molecule has 3 saturated carbocycles. The summed E-state index contributed by atoms with van der Waals surface area (Å²) in [5.74, 6) is 8.73. The maximum absolute atomic E-state index is 2.45. The Morgan fingerprint density at radius 1 is 0.815 bits per heavy atom. The lowest BCUT2D eigenvalue weighted by atomic mass is 9.76. The summed E-state index contributed by atoms with van der Waals surface area (Å²) in [6, 6.07) is 0. The fourth-order valence-electron chi connectivity index (χ4n) is 8.29. The molecule has 8 atom stereocenters. The number of hydrogen-bond donors (Lipinski definition) is 0. The molecule has 27 heavy (non-hydrogen) atoms. The van der Waals surface area contributed by atoms with Crippen LogP contribution in [0.15, 0.2) is 23.3 Å². The van der Waals surface area contributed by atoms with Gasteiger partial charge in [-0.3, -0.25) is 0 Å². The largest absolute Gasteiger partial charge is 0.0879 e. The topological polar surface area (TPSA) is 0 Å². The standard InChI is InChI=1S/C14H24.C13H20/c1-3-9-8-13-10-5-6-11(7-10)14(13)12(9)4-2;1-3-10-8-12-6-5-7-13(12)9-11(10)4-2/h9-14H,3-8H2,1-2H3;5-6,12-13H,3-4,7-9H2,1-2H3/t9-,10?,11?,12-,13?,14?;/m0./s1. The highest BCUT2D eigenvalue weighted by Crippen LogP contribution is 2.63. The van der Waals surface area contributed by atoms with Gasteiger partial charge in [0.05, 0.1) is 0 Å². The Hall–Kier alpha value is -0.520. The molecule has 0 N–H and O–H groups in total. The van der Waals surface area contributed by atoms with Gasteiger partial charge in [-0.05, 0) is 105 Å². The quantitative estimate of drug-likeness (QED) is 0.439. The lowest BCUT2D eigenvalue weighted by molar-refractivity contribution is 0.195. The van der Waals surface area contributed by atoms with Gasteiger partial charge in [0.1, 0.15) is 0 Å². The highest BCUT2D eigenvalue weighted by molar-refractivity contribution is 5.23. The summed E-state index contributed by atoms with van der Waals surface area (Å²) < 4.78 is 0. The Labute approximate surface area is 169 Å². The van der Waals surface area contributed by atoms with Crippen LogP contribution in [0.5, 0.6) is 0 Å². The Balaban J connectivity index is 0.000000134. The van der Waals surface area contributed by atoms with Gasteiger partial charge in [0.15, 0.2) is 0 Å². The van der Waals surface area contributed by atoms with Crippen molar-refractivity contribution in [2.45, 2.75) is 98.3 Å². The van der Waals surface area contributed by atoms with E-state index in [2.05, 4.69) is 39.8 Å². The van der Waals surface area contributed by atoms with Gasteiger partial charge in [0, 0.05) is 0 Å². The summed E-state index contributed by atoms with van der Waals surface area (Å²) in [5, 5.41) is 0. The minimum atomic E-state index is 0.894. The second-order valence-corrected chi connectivity index (χ2v) is 10.5. The first-order chi connectivity index (χ1) is 13.2. The Morgan fingerprint density at radius 3 is 2.26 bits per heavy atom. The lowest BCUT2D eigenvalue weighted by Crippen LogP contribution is -2.22. The summed E-state index contributed by atoms with van der Waals surface area (Å²) in [5.41, 5.74) is 3.53. The molecule has 0 aromatic carbocycles. The van der Waals surface area contributed by atoms with Gasteiger partial charge >= 0.3 is 0 Å². The van der Waals surface area contributed by atoms with E-state index in [4.69, 9.17) is 0 Å². The van der Waals surface area contributed by atoms with E-state index in [1.54, 1.807) is 36.8 Å². The van der Waals surface area contributed by atoms with Crippen molar-refractivity contribution >= 4 is 0 Å². The summed E-state index contributed by atoms with van der Waals surface area (Å²) in [4.78, 5) is 0. The molecule has 5 aliphatic rings. The number of rotatable bonds is 4. The van der Waals surface area contributed by atoms with E-state index in [9.17, 15) is 0 Å². The van der Waals surface area contributed by atoms with Crippen LogP contribution in [0.25, 0.3) is 0 Å². The summed E-state index contributed by atoms with van der Waals surface area (Å²) in [6.45, 7) is 9.47. The van der Waals surface area contributed by atoms with Crippen molar-refractivity contribution in [1.29, 1.82) is 0 Å². The van der Waals surface area contributed by atoms with Gasteiger partial charge in [-0.25, -0.2) is 0 Å². The van der Waals surface area contributed by atoms with Gasteiger partial charge < -0.3 is 0 Å². The Bertz CT molecular complexity index is 567. The van der Waals surface area contributed by atoms with E-state index in [1.807, 2.05) is 0 Å². The third-order valence-electron chi connectivity index (χ3n) is 9.60. The van der Waals surface area contributed by atoms with Crippen molar-refractivity contribution in [3.8, 4) is 0 Å². The first-order valence-corrected chi connectivity index (χ1v) is 12.6. The van der Waals surface area contributed by atoms with Crippen molar-refractivity contribution in [1.82, 2.24) is 0 Å². The molecule has 0 saturated heterocycles. The van der Waals surface area contributed by atoms with Gasteiger partial charge in [-0.2, -0.15) is 0 Å². The Morgan fingerprint density at radius 2 is 1.56 bits per heavy atom. The highest BCUT2D eigenvalue weighted by atomic mass is 14.6. The van der Waals surface area contributed by atoms with Crippen LogP contribution in [-0.2, 0) is 0 Å². The zero-order chi connectivity index (χ0) is 19.0. The molecule has 0 aromatic heterocycles. The van der Waals surface area contributed by atoms with Crippen LogP contribution in [-0.4, -0.2) is 0 Å². The second-order valence-electron chi connectivity index (χ2n) is 10.5. The maximum Gasteiger partial charge on any atom is -0.0162 e. The van der Waals surface area contributed by atoms with Crippen LogP contribution >= 0.6 is 0 Å². The van der Waals surface area contributed by atoms with Gasteiger partial charge in [0.2, 0.25) is 0 Å². The van der Waals surface area contributed by atoms with Gasteiger partial charge in [0.25, 0.3) is 0 Å². The highest BCUT2D eigenvalue weighted by Gasteiger charge is 2.55. The SMILES string of the molecule is CCC1=C(CC)CC2CC=CC2C1.CC[C@H]1CC2C3CCC(C3)C2[C@H]1CC. The zero-order valence-corrected chi connectivity index (χ0v) is 18.6. The molecule has 0 aliphatic heterocycles. The first kappa shape index (κ1) is 19.8. The molecule has 3 fully saturated rings. The minimum Gasteiger partial charge on any atom is -0.0879 e. The molecule has 6 unspecified atom stereocenters. The van der Waals surface area contributed by atoms with Crippen molar-refractivity contribution in [2.24, 2.45) is 47.3 Å². The zero-order valence-electron chi connectivity index (χ0n) is 18.6. The van der Waals surface area contributed by atoms with Gasteiger partial charge in [-0.15, -0.1) is 0 Å². The normalized spacial score (nSPS) is 44.3. The van der Waals surface area contributed by atoms with Crippen LogP contribution in [0.3, 0.4) is 0 Å². The molecule has 0 radical (unpaired) electrons. The molecule has 0 heterocycles. The summed E-state index contributed by atoms with van der Waals surface area (Å²) in [7, 11) is 0. The third-order valence-corrected chi connectivity index (χ3v) is 9.60. The van der Waals surface area contributed by atoms with Crippen molar-refractivity contribution in [3.05, 3.63) is 23.3 Å². The molecule has 5 aliphatic carbocycles. The fourth-order valence-corrected chi connectivity index (χ4v) is 8.29. The Kier molecular flexibility index (Phi) is 6.20. The van der Waals surface area contributed by atoms with E-state index >= 15 is 0 Å². The predicted octanol–water partition coefficient (Wildman–Crippen LogP) is 8.19. The van der Waals surface area contributed by atoms with Gasteiger partial charge in [-0.1, -0.05) is 63.8 Å². The molecule has 5 rings (SSSR count). The maximum atomic E-state index is 2.45. The molecule has 0 heteroatoms. The average Bonchev–Trinajstić information content (AvgIpc) is 3.47. The second kappa shape index (κ2) is 8.46. The van der Waals surface area contributed by atoms with Crippen LogP contribution in [0, 0.1) is 47.3 Å². The van der Waals surface area contributed by atoms with Crippen LogP contribution < -0.4 is 0 Å². The number of allylic oxidation sites excluding steroid dienone is 4. The molecule has 0 spiro atoms. The minimum absolute atomic E-state index is 0.894. The summed E-state index contributed by atoms with van der Waals surface area (Å²) in [6.07, 6.45) is 20.8. The number of fused-ring (bicyclic) bond motifs is 6. The first-order valence-electron chi connectivity index (χ1n) is 12.6. The number of hydrogen-bond acceptors (Lipinski definition) is 0. The monoisotopic (exact) mass is 368 g/mol. The molecule has 0 amide bonds. The van der Waals surface area contributed by atoms with Crippen LogP contribution in [0.1, 0.15) is 98.3 Å². The van der Waals surface area contributed by atoms with E-state index < -0.39 is 0 Å².